The van der Waals surface area contributed by atoms with Gasteiger partial charge in [-0.05, 0) is 74.7 Å². The van der Waals surface area contributed by atoms with Gasteiger partial charge in [-0.1, -0.05) is 29.8 Å². The van der Waals surface area contributed by atoms with Gasteiger partial charge in [-0.25, -0.2) is 8.42 Å². The maximum Gasteiger partial charge on any atom is 0.416 e. The van der Waals surface area contributed by atoms with Gasteiger partial charge in [0.2, 0.25) is 0 Å². The summed E-state index contributed by atoms with van der Waals surface area (Å²) >= 11 is 6.27. The van der Waals surface area contributed by atoms with Crippen LogP contribution in [0.4, 0.5) is 30.2 Å². The number of rotatable bonds is 7. The number of piperidine rings is 1. The minimum absolute atomic E-state index is 0.0180. The van der Waals surface area contributed by atoms with E-state index in [0.717, 1.165) is 37.5 Å². The highest BCUT2D eigenvalue weighted by Crippen LogP contribution is 2.37. The van der Waals surface area contributed by atoms with Crippen molar-refractivity contribution in [3.63, 3.8) is 0 Å². The number of amides is 1. The average molecular weight is 566 g/mol. The van der Waals surface area contributed by atoms with Gasteiger partial charge < -0.3 is 10.2 Å². The van der Waals surface area contributed by atoms with Gasteiger partial charge in [0.25, 0.3) is 15.9 Å². The summed E-state index contributed by atoms with van der Waals surface area (Å²) in [5.41, 5.74) is -0.176. The van der Waals surface area contributed by atoms with Gasteiger partial charge in [-0.3, -0.25) is 9.10 Å². The monoisotopic (exact) mass is 565 g/mol. The first-order valence-electron chi connectivity index (χ1n) is 12.2. The van der Waals surface area contributed by atoms with Gasteiger partial charge in [0.15, 0.2) is 0 Å². The summed E-state index contributed by atoms with van der Waals surface area (Å²) < 4.78 is 68.5. The molecule has 38 heavy (non-hydrogen) atoms. The Morgan fingerprint density at radius 1 is 1.00 bits per heavy atom. The van der Waals surface area contributed by atoms with E-state index in [1.807, 2.05) is 4.90 Å². The summed E-state index contributed by atoms with van der Waals surface area (Å²) in [5.74, 6) is -0.813. The molecule has 0 aromatic heterocycles. The second-order valence-electron chi connectivity index (χ2n) is 8.88. The second-order valence-corrected chi connectivity index (χ2v) is 11.1. The first-order valence-corrected chi connectivity index (χ1v) is 14.0. The largest absolute Gasteiger partial charge is 0.416 e. The predicted molar refractivity (Wildman–Crippen MR) is 144 cm³/mol. The molecule has 1 fully saturated rings. The Labute approximate surface area is 225 Å². The van der Waals surface area contributed by atoms with E-state index in [4.69, 9.17) is 11.6 Å². The number of hydrogen-bond acceptors (Lipinski definition) is 4. The lowest BCUT2D eigenvalue weighted by molar-refractivity contribution is -0.137. The Morgan fingerprint density at radius 3 is 2.32 bits per heavy atom. The zero-order chi connectivity index (χ0) is 27.5. The third kappa shape index (κ3) is 5.91. The molecule has 11 heteroatoms. The summed E-state index contributed by atoms with van der Waals surface area (Å²) in [6.07, 6.45) is -1.81. The van der Waals surface area contributed by atoms with Crippen molar-refractivity contribution < 1.29 is 26.4 Å². The van der Waals surface area contributed by atoms with E-state index >= 15 is 0 Å². The lowest BCUT2D eigenvalue weighted by atomic mass is 10.1. The van der Waals surface area contributed by atoms with Crippen LogP contribution in [0.2, 0.25) is 5.02 Å². The molecular formula is C27H27ClF3N3O3S. The molecule has 1 N–H and O–H groups in total. The van der Waals surface area contributed by atoms with E-state index in [9.17, 15) is 26.4 Å². The highest BCUT2D eigenvalue weighted by atomic mass is 35.5. The third-order valence-corrected chi connectivity index (χ3v) is 8.60. The van der Waals surface area contributed by atoms with E-state index in [1.54, 1.807) is 37.3 Å². The van der Waals surface area contributed by atoms with Gasteiger partial charge in [0.1, 0.15) is 0 Å². The standard InChI is InChI=1S/C27H27ClF3N3O3S/c1-2-34(20-9-5-3-6-10-20)38(36,37)21-12-13-23(28)22(18-21)26(35)32-24-17-19(27(29,30)31)11-14-25(24)33-15-7-4-8-16-33/h3,5-6,9-14,17-18H,2,4,7-8,15-16H2,1H3,(H,32,35). The van der Waals surface area contributed by atoms with Crippen LogP contribution in [0, 0.1) is 0 Å². The van der Waals surface area contributed by atoms with E-state index in [1.165, 1.54) is 22.5 Å². The fraction of sp³-hybridized carbons (Fsp3) is 0.296. The number of nitrogens with one attached hydrogen (secondary N) is 1. The minimum atomic E-state index is -4.60. The molecule has 1 amide bonds. The summed E-state index contributed by atoms with van der Waals surface area (Å²) in [4.78, 5) is 15.1. The first kappa shape index (κ1) is 27.8. The number of alkyl halides is 3. The average Bonchev–Trinajstić information content (AvgIpc) is 2.89. The number of benzene rings is 3. The highest BCUT2D eigenvalue weighted by molar-refractivity contribution is 7.92. The molecule has 3 aromatic rings. The molecule has 0 spiro atoms. The summed E-state index contributed by atoms with van der Waals surface area (Å²) in [6.45, 7) is 3.12. The van der Waals surface area contributed by atoms with Crippen LogP contribution in [0.5, 0.6) is 0 Å². The van der Waals surface area contributed by atoms with E-state index in [2.05, 4.69) is 5.32 Å². The highest BCUT2D eigenvalue weighted by Gasteiger charge is 2.32. The molecular weight excluding hydrogens is 539 g/mol. The van der Waals surface area contributed by atoms with Crippen LogP contribution < -0.4 is 14.5 Å². The van der Waals surface area contributed by atoms with E-state index in [-0.39, 0.29) is 27.7 Å². The van der Waals surface area contributed by atoms with E-state index < -0.39 is 27.7 Å². The van der Waals surface area contributed by atoms with Crippen molar-refractivity contribution in [3.05, 3.63) is 82.9 Å². The van der Waals surface area contributed by atoms with Gasteiger partial charge in [-0.2, -0.15) is 13.2 Å². The number of carbonyl (C=O) groups excluding carboxylic acids is 1. The third-order valence-electron chi connectivity index (χ3n) is 6.37. The van der Waals surface area contributed by atoms with Crippen LogP contribution in [-0.4, -0.2) is 34.0 Å². The number of para-hydroxylation sites is 1. The molecule has 1 aliphatic rings. The van der Waals surface area contributed by atoms with Gasteiger partial charge in [-0.15, -0.1) is 0 Å². The predicted octanol–water partition coefficient (Wildman–Crippen LogP) is 6.82. The molecule has 1 aliphatic heterocycles. The minimum Gasteiger partial charge on any atom is -0.370 e. The van der Waals surface area contributed by atoms with Gasteiger partial charge >= 0.3 is 6.18 Å². The van der Waals surface area contributed by atoms with Crippen LogP contribution in [0.1, 0.15) is 42.1 Å². The van der Waals surface area contributed by atoms with Gasteiger partial charge in [0, 0.05) is 19.6 Å². The smallest absolute Gasteiger partial charge is 0.370 e. The molecule has 3 aromatic carbocycles. The van der Waals surface area contributed by atoms with Crippen molar-refractivity contribution in [2.24, 2.45) is 0 Å². The maximum atomic E-state index is 13.5. The Bertz CT molecular complexity index is 1410. The molecule has 0 bridgehead atoms. The lowest BCUT2D eigenvalue weighted by Crippen LogP contribution is -2.31. The van der Waals surface area contributed by atoms with Crippen LogP contribution in [-0.2, 0) is 16.2 Å². The topological polar surface area (TPSA) is 69.7 Å². The lowest BCUT2D eigenvalue weighted by Gasteiger charge is -2.31. The summed E-state index contributed by atoms with van der Waals surface area (Å²) in [5, 5.41) is 2.53. The molecule has 0 aliphatic carbocycles. The van der Waals surface area contributed by atoms with Crippen LogP contribution in [0.25, 0.3) is 0 Å². The molecule has 0 radical (unpaired) electrons. The normalized spacial score (nSPS) is 14.3. The molecule has 0 atom stereocenters. The number of anilines is 3. The Balaban J connectivity index is 1.70. The van der Waals surface area contributed by atoms with E-state index in [0.29, 0.717) is 24.5 Å². The zero-order valence-electron chi connectivity index (χ0n) is 20.6. The van der Waals surface area contributed by atoms with Crippen molar-refractivity contribution >= 4 is 44.6 Å². The number of nitrogens with zero attached hydrogens (tertiary/aromatic N) is 2. The SMILES string of the molecule is CCN(c1ccccc1)S(=O)(=O)c1ccc(Cl)c(C(=O)Nc2cc(C(F)(F)F)ccc2N2CCCCC2)c1. The fourth-order valence-corrected chi connectivity index (χ4v) is 6.17. The molecule has 6 nitrogen and oxygen atoms in total. The fourth-order valence-electron chi connectivity index (χ4n) is 4.46. The number of carbonyl (C=O) groups is 1. The quantitative estimate of drug-likeness (QED) is 0.341. The summed E-state index contributed by atoms with van der Waals surface area (Å²) in [7, 11) is -4.06. The van der Waals surface area contributed by atoms with Crippen LogP contribution in [0.3, 0.4) is 0 Å². The van der Waals surface area contributed by atoms with Crippen molar-refractivity contribution in [1.29, 1.82) is 0 Å². The maximum absolute atomic E-state index is 13.5. The zero-order valence-corrected chi connectivity index (χ0v) is 22.2. The molecule has 0 saturated carbocycles. The van der Waals surface area contributed by atoms with Crippen molar-refractivity contribution in [3.8, 4) is 0 Å². The molecule has 4 rings (SSSR count). The van der Waals surface area contributed by atoms with Crippen molar-refractivity contribution in [2.75, 3.05) is 34.2 Å². The van der Waals surface area contributed by atoms with Crippen molar-refractivity contribution in [1.82, 2.24) is 0 Å². The van der Waals surface area contributed by atoms with Crippen LogP contribution in [0.15, 0.2) is 71.6 Å². The second kappa shape index (κ2) is 11.2. The van der Waals surface area contributed by atoms with Crippen molar-refractivity contribution in [2.45, 2.75) is 37.3 Å². The van der Waals surface area contributed by atoms with Crippen LogP contribution >= 0.6 is 11.6 Å². The Morgan fingerprint density at radius 2 is 1.68 bits per heavy atom. The molecule has 0 unspecified atom stereocenters. The Kier molecular flexibility index (Phi) is 8.22. The number of halogens is 4. The summed E-state index contributed by atoms with van der Waals surface area (Å²) in [6, 6.07) is 15.5. The number of hydrogen-bond donors (Lipinski definition) is 1. The van der Waals surface area contributed by atoms with Gasteiger partial charge in [0.05, 0.1) is 38.1 Å². The Hall–Kier alpha value is -3.24. The molecule has 1 saturated heterocycles. The molecule has 1 heterocycles. The molecule has 202 valence electrons. The number of sulfonamides is 1. The first-order chi connectivity index (χ1) is 18.0.